The molecule has 1 rings (SSSR count). The fourth-order valence-corrected chi connectivity index (χ4v) is 2.25. The molecule has 0 saturated heterocycles. The van der Waals surface area contributed by atoms with E-state index in [-0.39, 0.29) is 0 Å². The molecule has 0 fully saturated rings. The number of hydrogen-bond acceptors (Lipinski definition) is 0. The van der Waals surface area contributed by atoms with Gasteiger partial charge in [-0.3, -0.25) is 0 Å². The third-order valence-electron chi connectivity index (χ3n) is 3.32. The molecule has 0 unspecified atom stereocenters. The monoisotopic (exact) mass is 220 g/mol. The van der Waals surface area contributed by atoms with E-state index in [4.69, 9.17) is 0 Å². The zero-order valence-electron chi connectivity index (χ0n) is 10.8. The molecule has 0 heteroatoms. The molecule has 0 nitrogen and oxygen atoms in total. The summed E-state index contributed by atoms with van der Waals surface area (Å²) in [5.41, 5.74) is 0. The van der Waals surface area contributed by atoms with Gasteiger partial charge in [0, 0.05) is 0 Å². The molecule has 16 heavy (non-hydrogen) atoms. The van der Waals surface area contributed by atoms with Crippen molar-refractivity contribution in [2.45, 2.75) is 77.0 Å². The van der Waals surface area contributed by atoms with E-state index in [1.54, 1.807) is 0 Å². The molecule has 1 aliphatic rings. The summed E-state index contributed by atoms with van der Waals surface area (Å²) in [6.45, 7) is 0. The predicted molar refractivity (Wildman–Crippen MR) is 73.7 cm³/mol. The van der Waals surface area contributed by atoms with Gasteiger partial charge in [-0.05, 0) is 38.5 Å². The molecule has 0 heterocycles. The van der Waals surface area contributed by atoms with Crippen LogP contribution in [0.2, 0.25) is 0 Å². The third-order valence-corrected chi connectivity index (χ3v) is 3.32. The maximum absolute atomic E-state index is 2.37. The molecule has 0 N–H and O–H groups in total. The smallest absolute Gasteiger partial charge is 0.0316 e. The Balaban J connectivity index is 2.14. The molecular formula is C16H28. The predicted octanol–water partition coefficient (Wildman–Crippen LogP) is 5.79. The average molecular weight is 220 g/mol. The van der Waals surface area contributed by atoms with E-state index in [1.807, 2.05) is 0 Å². The van der Waals surface area contributed by atoms with Crippen LogP contribution in [0, 0.1) is 0 Å². The Morgan fingerprint density at radius 3 is 1.06 bits per heavy atom. The van der Waals surface area contributed by atoms with E-state index in [0.717, 1.165) is 0 Å². The lowest BCUT2D eigenvalue weighted by Gasteiger charge is -2.01. The minimum atomic E-state index is 1.23. The zero-order valence-corrected chi connectivity index (χ0v) is 10.8. The molecule has 0 aromatic rings. The third kappa shape index (κ3) is 8.76. The van der Waals surface area contributed by atoms with Crippen LogP contribution in [0.1, 0.15) is 77.0 Å². The van der Waals surface area contributed by atoms with Gasteiger partial charge in [0.25, 0.3) is 0 Å². The van der Waals surface area contributed by atoms with Gasteiger partial charge in [0.05, 0.1) is 0 Å². The van der Waals surface area contributed by atoms with E-state index in [1.165, 1.54) is 77.0 Å². The fraction of sp³-hybridized carbons (Fsp3) is 0.750. The molecule has 0 atom stereocenters. The minimum Gasteiger partial charge on any atom is -0.0885 e. The maximum atomic E-state index is 2.37. The molecule has 0 amide bonds. The van der Waals surface area contributed by atoms with Crippen molar-refractivity contribution in [3.8, 4) is 0 Å². The lowest BCUT2D eigenvalue weighted by molar-refractivity contribution is 0.570. The van der Waals surface area contributed by atoms with Crippen molar-refractivity contribution in [1.29, 1.82) is 0 Å². The standard InChI is InChI=1S/C16H28/c1-2-4-6-8-10-12-14-16-15-13-11-9-7-5-3-1/h1-2,7,9H,3-6,8,10-16H2/b2-1-,9-7-. The molecular weight excluding hydrogens is 192 g/mol. The van der Waals surface area contributed by atoms with Crippen molar-refractivity contribution in [2.75, 3.05) is 0 Å². The highest BCUT2D eigenvalue weighted by molar-refractivity contribution is 4.88. The van der Waals surface area contributed by atoms with Crippen molar-refractivity contribution in [1.82, 2.24) is 0 Å². The Labute approximate surface area is 102 Å². The molecule has 0 aromatic heterocycles. The molecule has 0 spiro atoms. The summed E-state index contributed by atoms with van der Waals surface area (Å²) in [7, 11) is 0. The average Bonchev–Trinajstić information content (AvgIpc) is 2.29. The van der Waals surface area contributed by atoms with Crippen LogP contribution in [0.3, 0.4) is 0 Å². The molecule has 0 aromatic carbocycles. The van der Waals surface area contributed by atoms with Gasteiger partial charge < -0.3 is 0 Å². The normalized spacial score (nSPS) is 26.0. The summed E-state index contributed by atoms with van der Waals surface area (Å²) >= 11 is 0. The number of hydrogen-bond donors (Lipinski definition) is 0. The van der Waals surface area contributed by atoms with Crippen molar-refractivity contribution in [3.63, 3.8) is 0 Å². The van der Waals surface area contributed by atoms with Gasteiger partial charge in [0.1, 0.15) is 0 Å². The summed E-state index contributed by atoms with van der Waals surface area (Å²) in [6.07, 6.45) is 26.0. The molecule has 0 aliphatic heterocycles. The van der Waals surface area contributed by atoms with Crippen LogP contribution in [0.15, 0.2) is 24.3 Å². The summed E-state index contributed by atoms with van der Waals surface area (Å²) in [5, 5.41) is 0. The second-order valence-electron chi connectivity index (χ2n) is 4.93. The van der Waals surface area contributed by atoms with Crippen LogP contribution >= 0.6 is 0 Å². The quantitative estimate of drug-likeness (QED) is 0.453. The van der Waals surface area contributed by atoms with Gasteiger partial charge >= 0.3 is 0 Å². The first-order chi connectivity index (χ1) is 8.00. The van der Waals surface area contributed by atoms with Gasteiger partial charge in [0.2, 0.25) is 0 Å². The molecule has 0 bridgehead atoms. The second kappa shape index (κ2) is 11.0. The lowest BCUT2D eigenvalue weighted by atomic mass is 10.1. The summed E-state index contributed by atoms with van der Waals surface area (Å²) in [5.74, 6) is 0. The highest BCUT2D eigenvalue weighted by atomic mass is 14.0. The maximum Gasteiger partial charge on any atom is -0.0316 e. The molecule has 0 saturated carbocycles. The first kappa shape index (κ1) is 13.5. The van der Waals surface area contributed by atoms with Gasteiger partial charge in [-0.2, -0.15) is 0 Å². The molecule has 92 valence electrons. The SMILES string of the molecule is C1=C\CCCCCCCCCC/C=C\CC/1. The number of allylic oxidation sites excluding steroid dienone is 4. The van der Waals surface area contributed by atoms with Crippen LogP contribution in [-0.4, -0.2) is 0 Å². The van der Waals surface area contributed by atoms with Crippen molar-refractivity contribution in [2.24, 2.45) is 0 Å². The van der Waals surface area contributed by atoms with Crippen molar-refractivity contribution < 1.29 is 0 Å². The van der Waals surface area contributed by atoms with Crippen LogP contribution in [0.5, 0.6) is 0 Å². The minimum absolute atomic E-state index is 1.23. The topological polar surface area (TPSA) is 0 Å². The Hall–Kier alpha value is -0.520. The zero-order chi connectivity index (χ0) is 11.3. The van der Waals surface area contributed by atoms with E-state index in [0.29, 0.717) is 0 Å². The highest BCUT2D eigenvalue weighted by Crippen LogP contribution is 2.11. The van der Waals surface area contributed by atoms with Crippen LogP contribution in [0.4, 0.5) is 0 Å². The van der Waals surface area contributed by atoms with Crippen LogP contribution in [-0.2, 0) is 0 Å². The van der Waals surface area contributed by atoms with E-state index in [2.05, 4.69) is 24.3 Å². The van der Waals surface area contributed by atoms with E-state index < -0.39 is 0 Å². The second-order valence-corrected chi connectivity index (χ2v) is 4.93. The van der Waals surface area contributed by atoms with Gasteiger partial charge in [-0.15, -0.1) is 0 Å². The van der Waals surface area contributed by atoms with E-state index in [9.17, 15) is 0 Å². The lowest BCUT2D eigenvalue weighted by Crippen LogP contribution is -1.81. The molecule has 0 radical (unpaired) electrons. The first-order valence-electron chi connectivity index (χ1n) is 7.30. The Morgan fingerprint density at radius 1 is 0.312 bits per heavy atom. The van der Waals surface area contributed by atoms with Crippen LogP contribution < -0.4 is 0 Å². The number of rotatable bonds is 0. The van der Waals surface area contributed by atoms with Gasteiger partial charge in [-0.1, -0.05) is 62.8 Å². The Kier molecular flexibility index (Phi) is 9.30. The first-order valence-corrected chi connectivity index (χ1v) is 7.30. The largest absolute Gasteiger partial charge is 0.0885 e. The van der Waals surface area contributed by atoms with Crippen LogP contribution in [0.25, 0.3) is 0 Å². The van der Waals surface area contributed by atoms with Gasteiger partial charge in [-0.25, -0.2) is 0 Å². The van der Waals surface area contributed by atoms with Gasteiger partial charge in [0.15, 0.2) is 0 Å². The summed E-state index contributed by atoms with van der Waals surface area (Å²) < 4.78 is 0. The highest BCUT2D eigenvalue weighted by Gasteiger charge is 1.92. The van der Waals surface area contributed by atoms with Crippen molar-refractivity contribution in [3.05, 3.63) is 24.3 Å². The summed E-state index contributed by atoms with van der Waals surface area (Å²) in [4.78, 5) is 0. The van der Waals surface area contributed by atoms with E-state index >= 15 is 0 Å². The summed E-state index contributed by atoms with van der Waals surface area (Å²) in [6, 6.07) is 0. The van der Waals surface area contributed by atoms with Crippen molar-refractivity contribution >= 4 is 0 Å². The Bertz CT molecular complexity index is 166. The Morgan fingerprint density at radius 2 is 0.625 bits per heavy atom. The molecule has 1 aliphatic carbocycles. The fourth-order valence-electron chi connectivity index (χ4n) is 2.25.